The van der Waals surface area contributed by atoms with Gasteiger partial charge >= 0.3 is 0 Å². The zero-order chi connectivity index (χ0) is 11.5. The predicted octanol–water partition coefficient (Wildman–Crippen LogP) is 2.05. The van der Waals surface area contributed by atoms with E-state index in [1.807, 2.05) is 13.0 Å². The summed E-state index contributed by atoms with van der Waals surface area (Å²) in [5, 5.41) is 0.505. The molecule has 2 rings (SSSR count). The number of anilines is 1. The van der Waals surface area contributed by atoms with E-state index in [9.17, 15) is 0 Å². The molecule has 1 atom stereocenters. The van der Waals surface area contributed by atoms with Gasteiger partial charge in [0.1, 0.15) is 16.8 Å². The van der Waals surface area contributed by atoms with Crippen LogP contribution >= 0.6 is 11.6 Å². The van der Waals surface area contributed by atoms with Gasteiger partial charge in [-0.2, -0.15) is 0 Å². The van der Waals surface area contributed by atoms with Crippen LogP contribution in [0.1, 0.15) is 18.7 Å². The molecule has 0 aromatic carbocycles. The van der Waals surface area contributed by atoms with Crippen molar-refractivity contribution in [1.82, 2.24) is 9.97 Å². The molecule has 0 aliphatic carbocycles. The van der Waals surface area contributed by atoms with E-state index in [2.05, 4.69) is 14.9 Å². The molecule has 16 heavy (non-hydrogen) atoms. The molecule has 1 aromatic heterocycles. The standard InChI is InChI=1S/C11H16ClN3O/c1-8-13-10(12)6-11(14-8)15-5-3-4-9(15)7-16-2/h6,9H,3-5,7H2,1-2H3. The van der Waals surface area contributed by atoms with Crippen LogP contribution in [0.25, 0.3) is 0 Å². The monoisotopic (exact) mass is 241 g/mol. The molecule has 4 nitrogen and oxygen atoms in total. The molecule has 0 saturated carbocycles. The van der Waals surface area contributed by atoms with Crippen LogP contribution in [-0.4, -0.2) is 36.3 Å². The first-order chi connectivity index (χ1) is 7.70. The van der Waals surface area contributed by atoms with Crippen molar-refractivity contribution < 1.29 is 4.74 Å². The SMILES string of the molecule is COCC1CCCN1c1cc(Cl)nc(C)n1. The summed E-state index contributed by atoms with van der Waals surface area (Å²) in [6.45, 7) is 3.61. The van der Waals surface area contributed by atoms with E-state index in [4.69, 9.17) is 16.3 Å². The third kappa shape index (κ3) is 2.44. The van der Waals surface area contributed by atoms with Crippen LogP contribution in [0.3, 0.4) is 0 Å². The summed E-state index contributed by atoms with van der Waals surface area (Å²) in [5.74, 6) is 1.63. The highest BCUT2D eigenvalue weighted by Gasteiger charge is 2.25. The number of nitrogens with zero attached hydrogens (tertiary/aromatic N) is 3. The maximum Gasteiger partial charge on any atom is 0.134 e. The highest BCUT2D eigenvalue weighted by atomic mass is 35.5. The average Bonchev–Trinajstić information content (AvgIpc) is 2.65. The number of hydrogen-bond donors (Lipinski definition) is 0. The van der Waals surface area contributed by atoms with Gasteiger partial charge in [0, 0.05) is 19.7 Å². The van der Waals surface area contributed by atoms with Crippen LogP contribution < -0.4 is 4.90 Å². The van der Waals surface area contributed by atoms with Crippen molar-refractivity contribution in [3.8, 4) is 0 Å². The van der Waals surface area contributed by atoms with E-state index in [1.54, 1.807) is 7.11 Å². The second-order valence-electron chi connectivity index (χ2n) is 4.04. The molecule has 1 unspecified atom stereocenters. The number of hydrogen-bond acceptors (Lipinski definition) is 4. The molecule has 0 radical (unpaired) electrons. The lowest BCUT2D eigenvalue weighted by atomic mass is 10.2. The van der Waals surface area contributed by atoms with Gasteiger partial charge < -0.3 is 9.64 Å². The first-order valence-corrected chi connectivity index (χ1v) is 5.85. The number of aromatic nitrogens is 2. The normalized spacial score (nSPS) is 20.4. The lowest BCUT2D eigenvalue weighted by Gasteiger charge is -2.25. The van der Waals surface area contributed by atoms with Crippen molar-refractivity contribution in [2.24, 2.45) is 0 Å². The van der Waals surface area contributed by atoms with Gasteiger partial charge in [-0.3, -0.25) is 0 Å². The molecule has 0 amide bonds. The Morgan fingerprint density at radius 3 is 3.06 bits per heavy atom. The molecule has 0 spiro atoms. The molecule has 1 saturated heterocycles. The maximum absolute atomic E-state index is 5.94. The van der Waals surface area contributed by atoms with Crippen molar-refractivity contribution in [2.45, 2.75) is 25.8 Å². The Labute approximate surface area is 101 Å². The molecule has 1 aliphatic heterocycles. The number of rotatable bonds is 3. The summed E-state index contributed by atoms with van der Waals surface area (Å²) in [6, 6.07) is 2.23. The minimum Gasteiger partial charge on any atom is -0.383 e. The first kappa shape index (κ1) is 11.6. The Morgan fingerprint density at radius 1 is 1.56 bits per heavy atom. The Hall–Kier alpha value is -0.870. The highest BCUT2D eigenvalue weighted by Crippen LogP contribution is 2.25. The fourth-order valence-corrected chi connectivity index (χ4v) is 2.39. The van der Waals surface area contributed by atoms with E-state index in [0.29, 0.717) is 17.0 Å². The second kappa shape index (κ2) is 4.97. The van der Waals surface area contributed by atoms with Crippen LogP contribution in [0.2, 0.25) is 5.15 Å². The van der Waals surface area contributed by atoms with Gasteiger partial charge in [0.2, 0.25) is 0 Å². The molecule has 0 bridgehead atoms. The molecule has 88 valence electrons. The van der Waals surface area contributed by atoms with Crippen LogP contribution in [-0.2, 0) is 4.74 Å². The predicted molar refractivity (Wildman–Crippen MR) is 64.0 cm³/mol. The third-order valence-electron chi connectivity index (χ3n) is 2.82. The van der Waals surface area contributed by atoms with Gasteiger partial charge in [-0.05, 0) is 19.8 Å². The van der Waals surface area contributed by atoms with E-state index >= 15 is 0 Å². The van der Waals surface area contributed by atoms with Gasteiger partial charge in [0.25, 0.3) is 0 Å². The van der Waals surface area contributed by atoms with E-state index < -0.39 is 0 Å². The minimum atomic E-state index is 0.412. The van der Waals surface area contributed by atoms with Crippen LogP contribution in [0.4, 0.5) is 5.82 Å². The van der Waals surface area contributed by atoms with Crippen molar-refractivity contribution >= 4 is 17.4 Å². The smallest absolute Gasteiger partial charge is 0.134 e. The molecule has 0 N–H and O–H groups in total. The van der Waals surface area contributed by atoms with Gasteiger partial charge in [-0.25, -0.2) is 9.97 Å². The number of methoxy groups -OCH3 is 1. The Balaban J connectivity index is 2.21. The lowest BCUT2D eigenvalue weighted by molar-refractivity contribution is 0.180. The number of halogens is 1. The van der Waals surface area contributed by atoms with Crippen LogP contribution in [0.5, 0.6) is 0 Å². The highest BCUT2D eigenvalue weighted by molar-refractivity contribution is 6.29. The van der Waals surface area contributed by atoms with Crippen molar-refractivity contribution in [2.75, 3.05) is 25.2 Å². The van der Waals surface area contributed by atoms with Crippen molar-refractivity contribution in [3.63, 3.8) is 0 Å². The molecule has 5 heteroatoms. The zero-order valence-corrected chi connectivity index (χ0v) is 10.4. The van der Waals surface area contributed by atoms with Gasteiger partial charge in [0.05, 0.1) is 12.6 Å². The third-order valence-corrected chi connectivity index (χ3v) is 3.02. The molecule has 1 aliphatic rings. The van der Waals surface area contributed by atoms with Crippen molar-refractivity contribution in [3.05, 3.63) is 17.0 Å². The minimum absolute atomic E-state index is 0.412. The van der Waals surface area contributed by atoms with Gasteiger partial charge in [-0.15, -0.1) is 0 Å². The fraction of sp³-hybridized carbons (Fsp3) is 0.636. The fourth-order valence-electron chi connectivity index (χ4n) is 2.17. The largest absolute Gasteiger partial charge is 0.383 e. The van der Waals surface area contributed by atoms with E-state index in [1.165, 1.54) is 6.42 Å². The topological polar surface area (TPSA) is 38.2 Å². The number of aryl methyl sites for hydroxylation is 1. The Kier molecular flexibility index (Phi) is 3.61. The molecule has 2 heterocycles. The lowest BCUT2D eigenvalue weighted by Crippen LogP contribution is -2.33. The van der Waals surface area contributed by atoms with Crippen molar-refractivity contribution in [1.29, 1.82) is 0 Å². The molecule has 1 aromatic rings. The Morgan fingerprint density at radius 2 is 2.38 bits per heavy atom. The van der Waals surface area contributed by atoms with Gasteiger partial charge in [0.15, 0.2) is 0 Å². The molecule has 1 fully saturated rings. The van der Waals surface area contributed by atoms with Crippen LogP contribution in [0, 0.1) is 6.92 Å². The molecular weight excluding hydrogens is 226 g/mol. The summed E-state index contributed by atoms with van der Waals surface area (Å²) in [5.41, 5.74) is 0. The summed E-state index contributed by atoms with van der Waals surface area (Å²) in [6.07, 6.45) is 2.32. The average molecular weight is 242 g/mol. The van der Waals surface area contributed by atoms with E-state index in [-0.39, 0.29) is 0 Å². The number of ether oxygens (including phenoxy) is 1. The Bertz CT molecular complexity index is 352. The summed E-state index contributed by atoms with van der Waals surface area (Å²) in [4.78, 5) is 10.8. The second-order valence-corrected chi connectivity index (χ2v) is 4.43. The summed E-state index contributed by atoms with van der Waals surface area (Å²) >= 11 is 5.94. The summed E-state index contributed by atoms with van der Waals surface area (Å²) in [7, 11) is 1.73. The first-order valence-electron chi connectivity index (χ1n) is 5.47. The van der Waals surface area contributed by atoms with Crippen LogP contribution in [0.15, 0.2) is 6.07 Å². The zero-order valence-electron chi connectivity index (χ0n) is 9.61. The van der Waals surface area contributed by atoms with Gasteiger partial charge in [-0.1, -0.05) is 11.6 Å². The summed E-state index contributed by atoms with van der Waals surface area (Å²) < 4.78 is 5.22. The van der Waals surface area contributed by atoms with E-state index in [0.717, 1.165) is 25.4 Å². The quantitative estimate of drug-likeness (QED) is 0.760. The molecular formula is C11H16ClN3O. The maximum atomic E-state index is 5.94.